The summed E-state index contributed by atoms with van der Waals surface area (Å²) in [6.07, 6.45) is 4.37. The molecule has 1 aromatic carbocycles. The molecule has 1 atom stereocenters. The topological polar surface area (TPSA) is 21.3 Å². The number of hydrogen-bond donors (Lipinski definition) is 1. The first kappa shape index (κ1) is 14.7. The Bertz CT molecular complexity index is 473. The van der Waals surface area contributed by atoms with Crippen molar-refractivity contribution >= 4 is 33.4 Å². The third-order valence-electron chi connectivity index (χ3n) is 4.19. The van der Waals surface area contributed by atoms with Gasteiger partial charge in [0.05, 0.1) is 5.60 Å². The Morgan fingerprint density at radius 1 is 1.35 bits per heavy atom. The highest BCUT2D eigenvalue weighted by atomic mass is 79.9. The van der Waals surface area contributed by atoms with E-state index in [0.717, 1.165) is 42.5 Å². The summed E-state index contributed by atoms with van der Waals surface area (Å²) < 4.78 is 20.0. The van der Waals surface area contributed by atoms with Crippen LogP contribution >= 0.6 is 27.7 Å². The fourth-order valence-electron chi connectivity index (χ4n) is 3.07. The third-order valence-corrected chi connectivity index (χ3v) is 5.83. The fourth-order valence-corrected chi connectivity index (χ4v) is 4.77. The van der Waals surface area contributed by atoms with E-state index in [1.165, 1.54) is 23.6 Å². The van der Waals surface area contributed by atoms with Crippen LogP contribution in [0.15, 0.2) is 22.7 Å². The molecule has 0 amide bonds. The number of rotatable bonds is 2. The second kappa shape index (κ2) is 6.24. The number of ether oxygens (including phenoxy) is 1. The molecule has 0 aliphatic carbocycles. The summed E-state index contributed by atoms with van der Waals surface area (Å²) in [5.74, 6) is 2.19. The molecule has 2 saturated heterocycles. The minimum atomic E-state index is -0.213. The Hall–Kier alpha value is -0.260. The molecule has 0 saturated carbocycles. The Morgan fingerprint density at radius 3 is 2.90 bits per heavy atom. The Labute approximate surface area is 132 Å². The van der Waals surface area contributed by atoms with Gasteiger partial charge in [-0.2, -0.15) is 11.8 Å². The van der Waals surface area contributed by atoms with Crippen molar-refractivity contribution in [2.75, 3.05) is 23.4 Å². The van der Waals surface area contributed by atoms with Crippen LogP contribution in [0.5, 0.6) is 0 Å². The van der Waals surface area contributed by atoms with Gasteiger partial charge in [0, 0.05) is 22.8 Å². The molecule has 20 heavy (non-hydrogen) atoms. The average molecular weight is 360 g/mol. The van der Waals surface area contributed by atoms with Crippen LogP contribution in [0.1, 0.15) is 25.7 Å². The molecule has 2 heterocycles. The molecular formula is C15H19BrFNOS. The smallest absolute Gasteiger partial charge is 0.124 e. The normalized spacial score (nSPS) is 25.6. The molecule has 0 aromatic heterocycles. The molecule has 1 spiro atoms. The van der Waals surface area contributed by atoms with Gasteiger partial charge in [-0.1, -0.05) is 0 Å². The van der Waals surface area contributed by atoms with Gasteiger partial charge in [-0.05, 0) is 71.3 Å². The standard InChI is InChI=1S/C15H19BrFNOS/c16-13-9-11(17)1-2-14(13)18-12-3-6-19-15(10-12)4-7-20-8-5-15/h1-2,9,12,18H,3-8,10H2. The summed E-state index contributed by atoms with van der Waals surface area (Å²) >= 11 is 5.45. The molecule has 0 bridgehead atoms. The predicted octanol–water partition coefficient (Wildman–Crippen LogP) is 4.44. The number of halogens is 2. The zero-order chi connectivity index (χ0) is 14.0. The van der Waals surface area contributed by atoms with Crippen molar-refractivity contribution in [1.29, 1.82) is 0 Å². The molecule has 5 heteroatoms. The average Bonchev–Trinajstić information content (AvgIpc) is 2.43. The number of benzene rings is 1. The molecule has 1 unspecified atom stereocenters. The van der Waals surface area contributed by atoms with Crippen molar-refractivity contribution in [3.05, 3.63) is 28.5 Å². The summed E-state index contributed by atoms with van der Waals surface area (Å²) in [6, 6.07) is 5.22. The first-order chi connectivity index (χ1) is 9.67. The van der Waals surface area contributed by atoms with E-state index in [1.54, 1.807) is 6.07 Å². The van der Waals surface area contributed by atoms with Gasteiger partial charge in [-0.25, -0.2) is 4.39 Å². The summed E-state index contributed by atoms with van der Waals surface area (Å²) in [5.41, 5.74) is 1.05. The van der Waals surface area contributed by atoms with Gasteiger partial charge in [0.1, 0.15) is 5.82 Å². The fraction of sp³-hybridized carbons (Fsp3) is 0.600. The SMILES string of the molecule is Fc1ccc(NC2CCOC3(CCSCC3)C2)c(Br)c1. The van der Waals surface area contributed by atoms with Gasteiger partial charge < -0.3 is 10.1 Å². The quantitative estimate of drug-likeness (QED) is 0.842. The van der Waals surface area contributed by atoms with Gasteiger partial charge >= 0.3 is 0 Å². The summed E-state index contributed by atoms with van der Waals surface area (Å²) in [6.45, 7) is 0.821. The molecular weight excluding hydrogens is 341 g/mol. The van der Waals surface area contributed by atoms with E-state index in [0.29, 0.717) is 6.04 Å². The van der Waals surface area contributed by atoms with Gasteiger partial charge in [0.15, 0.2) is 0 Å². The monoisotopic (exact) mass is 359 g/mol. The number of thioether (sulfide) groups is 1. The lowest BCUT2D eigenvalue weighted by Gasteiger charge is -2.43. The molecule has 2 aliphatic heterocycles. The molecule has 2 fully saturated rings. The molecule has 110 valence electrons. The van der Waals surface area contributed by atoms with Crippen molar-refractivity contribution in [1.82, 2.24) is 0 Å². The third kappa shape index (κ3) is 3.31. The largest absolute Gasteiger partial charge is 0.381 e. The lowest BCUT2D eigenvalue weighted by atomic mass is 9.85. The van der Waals surface area contributed by atoms with E-state index in [4.69, 9.17) is 4.74 Å². The molecule has 2 aliphatic rings. The van der Waals surface area contributed by atoms with Crippen LogP contribution in [0.3, 0.4) is 0 Å². The van der Waals surface area contributed by atoms with Gasteiger partial charge in [0.2, 0.25) is 0 Å². The second-order valence-corrected chi connectivity index (χ2v) is 7.68. The summed E-state index contributed by atoms with van der Waals surface area (Å²) in [4.78, 5) is 0. The number of anilines is 1. The zero-order valence-electron chi connectivity index (χ0n) is 11.3. The minimum absolute atomic E-state index is 0.0771. The number of hydrogen-bond acceptors (Lipinski definition) is 3. The van der Waals surface area contributed by atoms with Crippen LogP contribution < -0.4 is 5.32 Å². The maximum Gasteiger partial charge on any atom is 0.124 e. The molecule has 1 N–H and O–H groups in total. The number of nitrogens with one attached hydrogen (secondary N) is 1. The van der Waals surface area contributed by atoms with E-state index in [2.05, 4.69) is 21.2 Å². The van der Waals surface area contributed by atoms with Crippen LogP contribution in [0.2, 0.25) is 0 Å². The van der Waals surface area contributed by atoms with Gasteiger partial charge in [0.25, 0.3) is 0 Å². The lowest BCUT2D eigenvalue weighted by Crippen LogP contribution is -2.46. The van der Waals surface area contributed by atoms with Crippen molar-refractivity contribution in [2.45, 2.75) is 37.3 Å². The van der Waals surface area contributed by atoms with E-state index in [1.807, 2.05) is 11.8 Å². The summed E-state index contributed by atoms with van der Waals surface area (Å²) in [5, 5.41) is 3.55. The first-order valence-electron chi connectivity index (χ1n) is 7.10. The maximum absolute atomic E-state index is 13.1. The molecule has 1 aromatic rings. The zero-order valence-corrected chi connectivity index (χ0v) is 13.7. The van der Waals surface area contributed by atoms with E-state index < -0.39 is 0 Å². The van der Waals surface area contributed by atoms with Crippen molar-refractivity contribution in [3.63, 3.8) is 0 Å². The van der Waals surface area contributed by atoms with Gasteiger partial charge in [-0.3, -0.25) is 0 Å². The van der Waals surface area contributed by atoms with Crippen LogP contribution in [-0.4, -0.2) is 29.8 Å². The Morgan fingerprint density at radius 2 is 2.15 bits per heavy atom. The van der Waals surface area contributed by atoms with Gasteiger partial charge in [-0.15, -0.1) is 0 Å². The maximum atomic E-state index is 13.1. The Balaban J connectivity index is 1.68. The van der Waals surface area contributed by atoms with Crippen molar-refractivity contribution < 1.29 is 9.13 Å². The van der Waals surface area contributed by atoms with Crippen LogP contribution in [0.25, 0.3) is 0 Å². The van der Waals surface area contributed by atoms with Crippen molar-refractivity contribution in [2.24, 2.45) is 0 Å². The first-order valence-corrected chi connectivity index (χ1v) is 9.05. The van der Waals surface area contributed by atoms with E-state index >= 15 is 0 Å². The van der Waals surface area contributed by atoms with E-state index in [9.17, 15) is 4.39 Å². The lowest BCUT2D eigenvalue weighted by molar-refractivity contribution is -0.0865. The van der Waals surface area contributed by atoms with E-state index in [-0.39, 0.29) is 11.4 Å². The minimum Gasteiger partial charge on any atom is -0.381 e. The van der Waals surface area contributed by atoms with Crippen LogP contribution in [-0.2, 0) is 4.74 Å². The highest BCUT2D eigenvalue weighted by Crippen LogP contribution is 2.38. The highest BCUT2D eigenvalue weighted by molar-refractivity contribution is 9.10. The molecule has 3 rings (SSSR count). The van der Waals surface area contributed by atoms with Crippen LogP contribution in [0, 0.1) is 5.82 Å². The highest BCUT2D eigenvalue weighted by Gasteiger charge is 2.38. The predicted molar refractivity (Wildman–Crippen MR) is 86.0 cm³/mol. The molecule has 0 radical (unpaired) electrons. The Kier molecular flexibility index (Phi) is 4.58. The second-order valence-electron chi connectivity index (χ2n) is 5.60. The van der Waals surface area contributed by atoms with Crippen molar-refractivity contribution in [3.8, 4) is 0 Å². The molecule has 2 nitrogen and oxygen atoms in total. The summed E-state index contributed by atoms with van der Waals surface area (Å²) in [7, 11) is 0. The van der Waals surface area contributed by atoms with Crippen LogP contribution in [0.4, 0.5) is 10.1 Å².